The summed E-state index contributed by atoms with van der Waals surface area (Å²) in [6.07, 6.45) is 0.481. The molecule has 0 aliphatic rings. The largest absolute Gasteiger partial charge is 0.330 e. The summed E-state index contributed by atoms with van der Waals surface area (Å²) >= 11 is 5.91. The van der Waals surface area contributed by atoms with Crippen molar-refractivity contribution in [1.29, 1.82) is 0 Å². The average molecular weight is 293 g/mol. The Labute approximate surface area is 122 Å². The number of halogens is 1. The Hall–Kier alpha value is -1.81. The highest BCUT2D eigenvalue weighted by molar-refractivity contribution is 6.30. The zero-order valence-electron chi connectivity index (χ0n) is 11.7. The molecule has 1 unspecified atom stereocenters. The first-order valence-corrected chi connectivity index (χ1v) is 6.93. The van der Waals surface area contributed by atoms with E-state index < -0.39 is 5.69 Å². The van der Waals surface area contributed by atoms with Gasteiger partial charge in [-0.3, -0.25) is 14.3 Å². The summed E-state index contributed by atoms with van der Waals surface area (Å²) in [4.78, 5) is 26.9. The standard InChI is InChI=1S/C15H17ClN2O2/c1-4-12-13(16)17-15(20)18(14(12)19)10(3)11-7-5-9(2)6-8-11/h5-8,10H,4H2,1-3H3,(H,17,20). The first-order chi connectivity index (χ1) is 9.45. The van der Waals surface area contributed by atoms with Crippen LogP contribution in [0.4, 0.5) is 0 Å². The summed E-state index contributed by atoms with van der Waals surface area (Å²) in [6.45, 7) is 5.65. The van der Waals surface area contributed by atoms with Gasteiger partial charge >= 0.3 is 5.69 Å². The van der Waals surface area contributed by atoms with E-state index in [9.17, 15) is 9.59 Å². The molecule has 0 saturated carbocycles. The van der Waals surface area contributed by atoms with Gasteiger partial charge in [-0.1, -0.05) is 48.4 Å². The van der Waals surface area contributed by atoms with Crippen molar-refractivity contribution in [2.24, 2.45) is 0 Å². The van der Waals surface area contributed by atoms with Crippen molar-refractivity contribution in [2.75, 3.05) is 0 Å². The van der Waals surface area contributed by atoms with Gasteiger partial charge in [-0.25, -0.2) is 4.79 Å². The topological polar surface area (TPSA) is 54.9 Å². The predicted molar refractivity (Wildman–Crippen MR) is 80.7 cm³/mol. The van der Waals surface area contributed by atoms with Gasteiger partial charge in [-0.15, -0.1) is 0 Å². The van der Waals surface area contributed by atoms with Crippen molar-refractivity contribution in [3.8, 4) is 0 Å². The van der Waals surface area contributed by atoms with Crippen LogP contribution in [0.15, 0.2) is 33.9 Å². The van der Waals surface area contributed by atoms with E-state index in [1.807, 2.05) is 45.0 Å². The van der Waals surface area contributed by atoms with Crippen LogP contribution in [-0.2, 0) is 6.42 Å². The highest BCUT2D eigenvalue weighted by Crippen LogP contribution is 2.16. The van der Waals surface area contributed by atoms with Crippen molar-refractivity contribution in [3.63, 3.8) is 0 Å². The van der Waals surface area contributed by atoms with Crippen LogP contribution in [0.1, 0.15) is 36.6 Å². The number of H-pyrrole nitrogens is 1. The molecule has 0 spiro atoms. The van der Waals surface area contributed by atoms with Crippen LogP contribution in [0.3, 0.4) is 0 Å². The average Bonchev–Trinajstić information content (AvgIpc) is 2.39. The van der Waals surface area contributed by atoms with Crippen molar-refractivity contribution in [1.82, 2.24) is 9.55 Å². The molecule has 2 aromatic rings. The Balaban J connectivity index is 2.61. The molecule has 1 aromatic heterocycles. The fourth-order valence-corrected chi connectivity index (χ4v) is 2.51. The molecule has 106 valence electrons. The SMILES string of the molecule is CCc1c(Cl)[nH]c(=O)n(C(C)c2ccc(C)cc2)c1=O. The van der Waals surface area contributed by atoms with Crippen molar-refractivity contribution in [3.05, 3.63) is 66.9 Å². The van der Waals surface area contributed by atoms with E-state index in [0.29, 0.717) is 12.0 Å². The molecule has 0 amide bonds. The fraction of sp³-hybridized carbons (Fsp3) is 0.333. The third-order valence-corrected chi connectivity index (χ3v) is 3.80. The maximum absolute atomic E-state index is 12.4. The second-order valence-corrected chi connectivity index (χ2v) is 5.22. The highest BCUT2D eigenvalue weighted by Gasteiger charge is 2.17. The molecule has 1 atom stereocenters. The van der Waals surface area contributed by atoms with E-state index in [4.69, 9.17) is 11.6 Å². The quantitative estimate of drug-likeness (QED) is 0.884. The Bertz CT molecular complexity index is 729. The number of rotatable bonds is 3. The summed E-state index contributed by atoms with van der Waals surface area (Å²) in [7, 11) is 0. The zero-order chi connectivity index (χ0) is 14.9. The van der Waals surface area contributed by atoms with Crippen LogP contribution in [-0.4, -0.2) is 9.55 Å². The number of nitrogens with zero attached hydrogens (tertiary/aromatic N) is 1. The third kappa shape index (κ3) is 2.56. The molecule has 1 aromatic carbocycles. The van der Waals surface area contributed by atoms with Gasteiger partial charge in [0.25, 0.3) is 5.56 Å². The molecule has 4 nitrogen and oxygen atoms in total. The minimum absolute atomic E-state index is 0.134. The monoisotopic (exact) mass is 292 g/mol. The molecule has 0 bridgehead atoms. The summed E-state index contributed by atoms with van der Waals surface area (Å²) < 4.78 is 1.22. The summed E-state index contributed by atoms with van der Waals surface area (Å²) in [5.41, 5.74) is 1.67. The van der Waals surface area contributed by atoms with Gasteiger partial charge in [0, 0.05) is 0 Å². The normalized spacial score (nSPS) is 12.4. The molecule has 5 heteroatoms. The smallest absolute Gasteiger partial charge is 0.297 e. The van der Waals surface area contributed by atoms with E-state index in [2.05, 4.69) is 4.98 Å². The lowest BCUT2D eigenvalue weighted by Gasteiger charge is -2.16. The third-order valence-electron chi connectivity index (χ3n) is 3.48. The first kappa shape index (κ1) is 14.6. The lowest BCUT2D eigenvalue weighted by molar-refractivity contribution is 0.571. The van der Waals surface area contributed by atoms with Gasteiger partial charge in [0.1, 0.15) is 5.15 Å². The van der Waals surface area contributed by atoms with Crippen molar-refractivity contribution >= 4 is 11.6 Å². The Morgan fingerprint density at radius 1 is 1.25 bits per heavy atom. The second kappa shape index (κ2) is 5.67. The fourth-order valence-electron chi connectivity index (χ4n) is 2.21. The van der Waals surface area contributed by atoms with Crippen LogP contribution in [0.2, 0.25) is 5.15 Å². The van der Waals surface area contributed by atoms with Gasteiger partial charge in [0.2, 0.25) is 0 Å². The number of hydrogen-bond acceptors (Lipinski definition) is 2. The first-order valence-electron chi connectivity index (χ1n) is 6.55. The minimum atomic E-state index is -0.481. The molecule has 2 rings (SSSR count). The van der Waals surface area contributed by atoms with Gasteiger partial charge in [-0.05, 0) is 25.8 Å². The summed E-state index contributed by atoms with van der Waals surface area (Å²) in [5, 5.41) is 0.134. The molecule has 1 N–H and O–H groups in total. The van der Waals surface area contributed by atoms with Crippen LogP contribution in [0.5, 0.6) is 0 Å². The van der Waals surface area contributed by atoms with Crippen LogP contribution >= 0.6 is 11.6 Å². The molecule has 0 aliphatic heterocycles. The number of hydrogen-bond donors (Lipinski definition) is 1. The van der Waals surface area contributed by atoms with Gasteiger partial charge < -0.3 is 0 Å². The van der Waals surface area contributed by atoms with Crippen molar-refractivity contribution < 1.29 is 0 Å². The maximum atomic E-state index is 12.4. The van der Waals surface area contributed by atoms with Gasteiger partial charge in [-0.2, -0.15) is 0 Å². The number of aromatic amines is 1. The molecular formula is C15H17ClN2O2. The zero-order valence-corrected chi connectivity index (χ0v) is 12.5. The number of aryl methyl sites for hydroxylation is 1. The maximum Gasteiger partial charge on any atom is 0.330 e. The van der Waals surface area contributed by atoms with E-state index in [0.717, 1.165) is 11.1 Å². The molecule has 0 fully saturated rings. The van der Waals surface area contributed by atoms with E-state index in [1.54, 1.807) is 0 Å². The highest BCUT2D eigenvalue weighted by atomic mass is 35.5. The molecule has 20 heavy (non-hydrogen) atoms. The van der Waals surface area contributed by atoms with Gasteiger partial charge in [0.05, 0.1) is 11.6 Å². The number of aromatic nitrogens is 2. The number of benzene rings is 1. The van der Waals surface area contributed by atoms with Crippen LogP contribution in [0.25, 0.3) is 0 Å². The molecule has 0 aliphatic carbocycles. The summed E-state index contributed by atoms with van der Waals surface area (Å²) in [6, 6.07) is 7.43. The van der Waals surface area contributed by atoms with Crippen LogP contribution < -0.4 is 11.2 Å². The summed E-state index contributed by atoms with van der Waals surface area (Å²) in [5.74, 6) is 0. The van der Waals surface area contributed by atoms with Gasteiger partial charge in [0.15, 0.2) is 0 Å². The van der Waals surface area contributed by atoms with E-state index >= 15 is 0 Å². The minimum Gasteiger partial charge on any atom is -0.297 e. The Morgan fingerprint density at radius 3 is 2.40 bits per heavy atom. The predicted octanol–water partition coefficient (Wildman–Crippen LogP) is 2.67. The molecular weight excluding hydrogens is 276 g/mol. The van der Waals surface area contributed by atoms with Crippen LogP contribution in [0, 0.1) is 6.92 Å². The Kier molecular flexibility index (Phi) is 4.14. The molecule has 0 radical (unpaired) electrons. The lowest BCUT2D eigenvalue weighted by atomic mass is 10.1. The van der Waals surface area contributed by atoms with E-state index in [-0.39, 0.29) is 16.8 Å². The van der Waals surface area contributed by atoms with Crippen molar-refractivity contribution in [2.45, 2.75) is 33.2 Å². The lowest BCUT2D eigenvalue weighted by Crippen LogP contribution is -2.39. The Morgan fingerprint density at radius 2 is 1.85 bits per heavy atom. The number of nitrogens with one attached hydrogen (secondary N) is 1. The second-order valence-electron chi connectivity index (χ2n) is 4.84. The van der Waals surface area contributed by atoms with E-state index in [1.165, 1.54) is 4.57 Å². The molecule has 1 heterocycles. The molecule has 0 saturated heterocycles.